The summed E-state index contributed by atoms with van der Waals surface area (Å²) in [6.45, 7) is 1.41. The first kappa shape index (κ1) is 7.08. The summed E-state index contributed by atoms with van der Waals surface area (Å²) in [6.07, 6.45) is 3.08. The maximum Gasteiger partial charge on any atom is 0.328 e. The van der Waals surface area contributed by atoms with E-state index in [0.717, 1.165) is 0 Å². The molecule has 1 aliphatic rings. The molecule has 56 valence electrons. The predicted octanol–water partition coefficient (Wildman–Crippen LogP) is 0.547. The van der Waals surface area contributed by atoms with Gasteiger partial charge in [0.15, 0.2) is 0 Å². The van der Waals surface area contributed by atoms with Gasteiger partial charge >= 0.3 is 5.97 Å². The summed E-state index contributed by atoms with van der Waals surface area (Å²) < 4.78 is 0. The van der Waals surface area contributed by atoms with Crippen molar-refractivity contribution in [2.75, 3.05) is 0 Å². The quantitative estimate of drug-likeness (QED) is 0.580. The van der Waals surface area contributed by atoms with E-state index < -0.39 is 11.5 Å². The van der Waals surface area contributed by atoms with Crippen LogP contribution in [-0.2, 0) is 4.79 Å². The first-order chi connectivity index (χ1) is 4.57. The number of carbonyl (C=O) groups is 1. The first-order valence-electron chi connectivity index (χ1n) is 2.94. The minimum absolute atomic E-state index is 0.284. The molecule has 1 N–H and O–H groups in total. The molecule has 0 aromatic carbocycles. The van der Waals surface area contributed by atoms with E-state index in [4.69, 9.17) is 5.11 Å². The Morgan fingerprint density at radius 1 is 1.90 bits per heavy atom. The highest BCUT2D eigenvalue weighted by Gasteiger charge is 2.35. The van der Waals surface area contributed by atoms with Crippen molar-refractivity contribution in [2.24, 2.45) is 0 Å². The van der Waals surface area contributed by atoms with Crippen LogP contribution in [0.1, 0.15) is 13.3 Å². The molecule has 0 amide bonds. The SMILES string of the molecule is CC1(C(=O)O)CC=CN1[O-]. The standard InChI is InChI=1S/C6H8NO3/c1-6(5(8)9)3-2-4-7(6)10/h2,4H,3H2,1H3,(H,8,9)/q-1. The Balaban J connectivity index is 2.80. The minimum atomic E-state index is -1.26. The molecule has 0 saturated heterocycles. The molecule has 0 spiro atoms. The van der Waals surface area contributed by atoms with E-state index in [9.17, 15) is 10.0 Å². The predicted molar refractivity (Wildman–Crippen MR) is 35.0 cm³/mol. The van der Waals surface area contributed by atoms with Crippen molar-refractivity contribution in [3.8, 4) is 0 Å². The van der Waals surface area contributed by atoms with E-state index in [-0.39, 0.29) is 6.42 Å². The minimum Gasteiger partial charge on any atom is -0.758 e. The van der Waals surface area contributed by atoms with Gasteiger partial charge in [-0.05, 0) is 19.5 Å². The van der Waals surface area contributed by atoms with Gasteiger partial charge < -0.3 is 15.4 Å². The topological polar surface area (TPSA) is 63.6 Å². The maximum atomic E-state index is 10.8. The van der Waals surface area contributed by atoms with Crippen LogP contribution in [0.2, 0.25) is 0 Å². The van der Waals surface area contributed by atoms with Crippen molar-refractivity contribution in [1.82, 2.24) is 5.06 Å². The molecule has 1 rings (SSSR count). The molecular formula is C6H8NO3-. The van der Waals surface area contributed by atoms with Crippen LogP contribution in [0.15, 0.2) is 12.3 Å². The molecule has 0 aromatic rings. The van der Waals surface area contributed by atoms with E-state index in [1.54, 1.807) is 6.08 Å². The van der Waals surface area contributed by atoms with Gasteiger partial charge in [0.2, 0.25) is 0 Å². The number of carboxylic acid groups (broad SMARTS) is 1. The van der Waals surface area contributed by atoms with E-state index >= 15 is 0 Å². The molecule has 0 aliphatic carbocycles. The Labute approximate surface area is 58.3 Å². The van der Waals surface area contributed by atoms with Crippen molar-refractivity contribution in [3.05, 3.63) is 17.5 Å². The normalized spacial score (nSPS) is 31.2. The van der Waals surface area contributed by atoms with E-state index in [0.29, 0.717) is 5.06 Å². The van der Waals surface area contributed by atoms with Crippen LogP contribution in [0.5, 0.6) is 0 Å². The van der Waals surface area contributed by atoms with Gasteiger partial charge in [0.05, 0.1) is 0 Å². The number of hydrogen-bond acceptors (Lipinski definition) is 3. The average Bonchev–Trinajstić information content (AvgIpc) is 2.15. The van der Waals surface area contributed by atoms with Gasteiger partial charge in [0.1, 0.15) is 5.54 Å². The molecule has 1 heterocycles. The number of hydroxylamine groups is 2. The zero-order valence-electron chi connectivity index (χ0n) is 5.57. The van der Waals surface area contributed by atoms with Gasteiger partial charge in [0.25, 0.3) is 0 Å². The van der Waals surface area contributed by atoms with E-state index in [1.807, 2.05) is 0 Å². The van der Waals surface area contributed by atoms with E-state index in [2.05, 4.69) is 0 Å². The van der Waals surface area contributed by atoms with Gasteiger partial charge in [-0.25, -0.2) is 4.79 Å². The van der Waals surface area contributed by atoms with Gasteiger partial charge in [0, 0.05) is 0 Å². The Bertz CT molecular complexity index is 189. The van der Waals surface area contributed by atoms with Crippen molar-refractivity contribution in [1.29, 1.82) is 0 Å². The highest BCUT2D eigenvalue weighted by atomic mass is 16.5. The smallest absolute Gasteiger partial charge is 0.328 e. The van der Waals surface area contributed by atoms with Crippen LogP contribution in [0, 0.1) is 5.21 Å². The molecule has 0 bridgehead atoms. The lowest BCUT2D eigenvalue weighted by molar-refractivity contribution is -0.146. The van der Waals surface area contributed by atoms with Gasteiger partial charge in [-0.1, -0.05) is 6.08 Å². The summed E-state index contributed by atoms with van der Waals surface area (Å²) in [4.78, 5) is 10.5. The van der Waals surface area contributed by atoms with Crippen molar-refractivity contribution >= 4 is 5.97 Å². The maximum absolute atomic E-state index is 10.8. The summed E-state index contributed by atoms with van der Waals surface area (Å²) in [5, 5.41) is 19.8. The second-order valence-corrected chi connectivity index (χ2v) is 2.49. The van der Waals surface area contributed by atoms with Crippen molar-refractivity contribution in [2.45, 2.75) is 18.9 Å². The number of aliphatic carboxylic acids is 1. The molecule has 0 aromatic heterocycles. The zero-order chi connectivity index (χ0) is 7.78. The molecule has 1 atom stereocenters. The Hall–Kier alpha value is -1.03. The molecule has 10 heavy (non-hydrogen) atoms. The Morgan fingerprint density at radius 3 is 2.70 bits per heavy atom. The molecule has 1 aliphatic heterocycles. The lowest BCUT2D eigenvalue weighted by Gasteiger charge is -2.37. The summed E-state index contributed by atoms with van der Waals surface area (Å²) in [5.74, 6) is -1.08. The fourth-order valence-electron chi connectivity index (χ4n) is 0.814. The molecule has 1 unspecified atom stereocenters. The molecule has 4 heteroatoms. The summed E-state index contributed by atoms with van der Waals surface area (Å²) >= 11 is 0. The third-order valence-corrected chi connectivity index (χ3v) is 1.70. The lowest BCUT2D eigenvalue weighted by Crippen LogP contribution is -2.43. The number of carboxylic acids is 1. The van der Waals surface area contributed by atoms with Crippen LogP contribution in [0.25, 0.3) is 0 Å². The van der Waals surface area contributed by atoms with Crippen LogP contribution in [0.4, 0.5) is 0 Å². The van der Waals surface area contributed by atoms with Crippen LogP contribution < -0.4 is 0 Å². The Morgan fingerprint density at radius 2 is 2.50 bits per heavy atom. The highest BCUT2D eigenvalue weighted by Crippen LogP contribution is 2.25. The zero-order valence-corrected chi connectivity index (χ0v) is 5.57. The highest BCUT2D eigenvalue weighted by molar-refractivity contribution is 5.79. The summed E-state index contributed by atoms with van der Waals surface area (Å²) in [6, 6.07) is 0. The van der Waals surface area contributed by atoms with Crippen LogP contribution in [-0.4, -0.2) is 21.7 Å². The largest absolute Gasteiger partial charge is 0.758 e. The van der Waals surface area contributed by atoms with Crippen LogP contribution >= 0.6 is 0 Å². The molecule has 4 nitrogen and oxygen atoms in total. The number of nitrogens with zero attached hydrogens (tertiary/aromatic N) is 1. The second-order valence-electron chi connectivity index (χ2n) is 2.49. The van der Waals surface area contributed by atoms with Crippen LogP contribution in [0.3, 0.4) is 0 Å². The fourth-order valence-corrected chi connectivity index (χ4v) is 0.814. The fraction of sp³-hybridized carbons (Fsp3) is 0.500. The first-order valence-corrected chi connectivity index (χ1v) is 2.94. The number of rotatable bonds is 1. The van der Waals surface area contributed by atoms with E-state index in [1.165, 1.54) is 13.1 Å². The molecular weight excluding hydrogens is 134 g/mol. The molecule has 0 fully saturated rings. The van der Waals surface area contributed by atoms with Crippen molar-refractivity contribution in [3.63, 3.8) is 0 Å². The molecule has 0 radical (unpaired) electrons. The third-order valence-electron chi connectivity index (χ3n) is 1.70. The Kier molecular flexibility index (Phi) is 1.40. The van der Waals surface area contributed by atoms with Crippen molar-refractivity contribution < 1.29 is 9.90 Å². The summed E-state index contributed by atoms with van der Waals surface area (Å²) in [7, 11) is 0. The summed E-state index contributed by atoms with van der Waals surface area (Å²) in [5.41, 5.74) is -1.26. The van der Waals surface area contributed by atoms with Gasteiger partial charge in [-0.15, -0.1) is 0 Å². The monoisotopic (exact) mass is 142 g/mol. The van der Waals surface area contributed by atoms with Gasteiger partial charge in [-0.3, -0.25) is 0 Å². The third kappa shape index (κ3) is 0.769. The molecule has 0 saturated carbocycles. The lowest BCUT2D eigenvalue weighted by atomic mass is 10.0. The van der Waals surface area contributed by atoms with Gasteiger partial charge in [-0.2, -0.15) is 0 Å². The number of hydrogen-bond donors (Lipinski definition) is 1. The average molecular weight is 142 g/mol. The second kappa shape index (κ2) is 1.98.